The molecule has 0 bridgehead atoms. The number of anilines is 2. The first-order valence-corrected chi connectivity index (χ1v) is 6.81. The fourth-order valence-corrected chi connectivity index (χ4v) is 2.06. The van der Waals surface area contributed by atoms with Crippen molar-refractivity contribution in [3.8, 4) is 6.07 Å². The Kier molecular flexibility index (Phi) is 4.48. The van der Waals surface area contributed by atoms with Gasteiger partial charge in [-0.25, -0.2) is 9.97 Å². The molecular formula is C14H13BrN4. The average molecular weight is 317 g/mol. The van der Waals surface area contributed by atoms with Gasteiger partial charge in [0.15, 0.2) is 0 Å². The lowest BCUT2D eigenvalue weighted by Crippen LogP contribution is -2.00. The molecule has 0 spiro atoms. The van der Waals surface area contributed by atoms with E-state index in [-0.39, 0.29) is 0 Å². The lowest BCUT2D eigenvalue weighted by atomic mass is 10.2. The van der Waals surface area contributed by atoms with E-state index < -0.39 is 0 Å². The number of nitriles is 1. The second-order valence-electron chi connectivity index (χ2n) is 4.06. The van der Waals surface area contributed by atoms with Crippen LogP contribution in [0.3, 0.4) is 0 Å². The predicted octanol–water partition coefficient (Wildman–Crippen LogP) is 3.81. The zero-order valence-corrected chi connectivity index (χ0v) is 12.1. The molecule has 0 radical (unpaired) electrons. The van der Waals surface area contributed by atoms with Crippen molar-refractivity contribution in [2.24, 2.45) is 0 Å². The van der Waals surface area contributed by atoms with E-state index in [9.17, 15) is 0 Å². The maximum Gasteiger partial charge on any atom is 0.135 e. The lowest BCUT2D eigenvalue weighted by Gasteiger charge is -2.07. The number of halogens is 1. The van der Waals surface area contributed by atoms with Crippen LogP contribution in [-0.4, -0.2) is 9.97 Å². The van der Waals surface area contributed by atoms with Crippen LogP contribution in [0.4, 0.5) is 11.5 Å². The molecule has 1 aromatic carbocycles. The standard InChI is InChI=1S/C14H13BrN4/c1-2-3-13-18-12(15)8-14(19-13)17-11-6-4-10(9-16)5-7-11/h4-8H,2-3H2,1H3,(H,17,18,19). The Bertz CT molecular complexity index is 602. The van der Waals surface area contributed by atoms with E-state index in [1.807, 2.05) is 18.2 Å². The second-order valence-corrected chi connectivity index (χ2v) is 4.87. The summed E-state index contributed by atoms with van der Waals surface area (Å²) in [6, 6.07) is 11.2. The first-order chi connectivity index (χ1) is 9.21. The summed E-state index contributed by atoms with van der Waals surface area (Å²) in [6.07, 6.45) is 1.86. The van der Waals surface area contributed by atoms with Gasteiger partial charge in [-0.2, -0.15) is 5.26 Å². The molecule has 2 aromatic rings. The Morgan fingerprint density at radius 2 is 2.00 bits per heavy atom. The molecule has 96 valence electrons. The van der Waals surface area contributed by atoms with Crippen molar-refractivity contribution in [2.75, 3.05) is 5.32 Å². The van der Waals surface area contributed by atoms with E-state index in [0.29, 0.717) is 5.56 Å². The fourth-order valence-electron chi connectivity index (χ4n) is 1.64. The molecule has 1 aromatic heterocycles. The van der Waals surface area contributed by atoms with Crippen LogP contribution in [0.5, 0.6) is 0 Å². The molecule has 0 amide bonds. The van der Waals surface area contributed by atoms with E-state index in [1.54, 1.807) is 12.1 Å². The molecule has 0 aliphatic heterocycles. The molecule has 2 rings (SSSR count). The predicted molar refractivity (Wildman–Crippen MR) is 78.2 cm³/mol. The van der Waals surface area contributed by atoms with Gasteiger partial charge in [-0.3, -0.25) is 0 Å². The Hall–Kier alpha value is -1.93. The molecule has 0 saturated heterocycles. The molecule has 0 atom stereocenters. The van der Waals surface area contributed by atoms with Gasteiger partial charge in [0.05, 0.1) is 11.6 Å². The Morgan fingerprint density at radius 3 is 2.63 bits per heavy atom. The Morgan fingerprint density at radius 1 is 1.26 bits per heavy atom. The van der Waals surface area contributed by atoms with E-state index in [1.165, 1.54) is 0 Å². The summed E-state index contributed by atoms with van der Waals surface area (Å²) in [5, 5.41) is 12.0. The van der Waals surface area contributed by atoms with E-state index >= 15 is 0 Å². The molecular weight excluding hydrogens is 304 g/mol. The lowest BCUT2D eigenvalue weighted by molar-refractivity contribution is 0.831. The minimum absolute atomic E-state index is 0.640. The number of nitrogens with one attached hydrogen (secondary N) is 1. The Balaban J connectivity index is 2.20. The molecule has 4 nitrogen and oxygen atoms in total. The molecule has 0 aliphatic carbocycles. The minimum atomic E-state index is 0.640. The van der Waals surface area contributed by atoms with Crippen LogP contribution in [0.2, 0.25) is 0 Å². The molecule has 1 heterocycles. The number of aryl methyl sites for hydroxylation is 1. The van der Waals surface area contributed by atoms with E-state index in [4.69, 9.17) is 5.26 Å². The van der Waals surface area contributed by atoms with Gasteiger partial charge >= 0.3 is 0 Å². The van der Waals surface area contributed by atoms with Crippen LogP contribution in [-0.2, 0) is 6.42 Å². The van der Waals surface area contributed by atoms with Crippen LogP contribution >= 0.6 is 15.9 Å². The van der Waals surface area contributed by atoms with Crippen molar-refractivity contribution < 1.29 is 0 Å². The van der Waals surface area contributed by atoms with Crippen LogP contribution < -0.4 is 5.32 Å². The van der Waals surface area contributed by atoms with Crippen molar-refractivity contribution >= 4 is 27.4 Å². The number of benzene rings is 1. The van der Waals surface area contributed by atoms with Gasteiger partial charge in [-0.15, -0.1) is 0 Å². The van der Waals surface area contributed by atoms with E-state index in [2.05, 4.69) is 44.2 Å². The van der Waals surface area contributed by atoms with Crippen molar-refractivity contribution in [2.45, 2.75) is 19.8 Å². The van der Waals surface area contributed by atoms with E-state index in [0.717, 1.165) is 34.8 Å². The third-order valence-corrected chi connectivity index (χ3v) is 2.91. The third-order valence-electron chi connectivity index (χ3n) is 2.50. The monoisotopic (exact) mass is 316 g/mol. The number of nitrogens with zero attached hydrogens (tertiary/aromatic N) is 3. The molecule has 0 fully saturated rings. The topological polar surface area (TPSA) is 61.6 Å². The molecule has 5 heteroatoms. The zero-order chi connectivity index (χ0) is 13.7. The summed E-state index contributed by atoms with van der Waals surface area (Å²) < 4.78 is 0.766. The van der Waals surface area contributed by atoms with Gasteiger partial charge in [0.25, 0.3) is 0 Å². The number of hydrogen-bond donors (Lipinski definition) is 1. The first kappa shape index (κ1) is 13.5. The zero-order valence-electron chi connectivity index (χ0n) is 10.5. The summed E-state index contributed by atoms with van der Waals surface area (Å²) in [5.41, 5.74) is 1.54. The minimum Gasteiger partial charge on any atom is -0.340 e. The number of hydrogen-bond acceptors (Lipinski definition) is 4. The molecule has 0 saturated carbocycles. The summed E-state index contributed by atoms with van der Waals surface area (Å²) >= 11 is 3.38. The summed E-state index contributed by atoms with van der Waals surface area (Å²) in [7, 11) is 0. The SMILES string of the molecule is CCCc1nc(Br)cc(Nc2ccc(C#N)cc2)n1. The normalized spacial score (nSPS) is 9.95. The highest BCUT2D eigenvalue weighted by molar-refractivity contribution is 9.10. The molecule has 1 N–H and O–H groups in total. The maximum absolute atomic E-state index is 8.75. The summed E-state index contributed by atoms with van der Waals surface area (Å²) in [4.78, 5) is 8.76. The first-order valence-electron chi connectivity index (χ1n) is 6.02. The molecule has 19 heavy (non-hydrogen) atoms. The fraction of sp³-hybridized carbons (Fsp3) is 0.214. The summed E-state index contributed by atoms with van der Waals surface area (Å²) in [5.74, 6) is 1.56. The van der Waals surface area contributed by atoms with Gasteiger partial charge in [-0.05, 0) is 46.6 Å². The largest absolute Gasteiger partial charge is 0.340 e. The van der Waals surface area contributed by atoms with Gasteiger partial charge < -0.3 is 5.32 Å². The highest BCUT2D eigenvalue weighted by atomic mass is 79.9. The van der Waals surface area contributed by atoms with Gasteiger partial charge in [0, 0.05) is 18.2 Å². The highest BCUT2D eigenvalue weighted by Crippen LogP contribution is 2.18. The van der Waals surface area contributed by atoms with Gasteiger partial charge in [0.1, 0.15) is 16.2 Å². The molecule has 0 unspecified atom stereocenters. The summed E-state index contributed by atoms with van der Waals surface area (Å²) in [6.45, 7) is 2.10. The van der Waals surface area contributed by atoms with Crippen molar-refractivity contribution in [3.05, 3.63) is 46.3 Å². The van der Waals surface area contributed by atoms with Crippen LogP contribution in [0.1, 0.15) is 24.7 Å². The van der Waals surface area contributed by atoms with Crippen LogP contribution in [0.15, 0.2) is 34.9 Å². The second kappa shape index (κ2) is 6.30. The quantitative estimate of drug-likeness (QED) is 0.871. The smallest absolute Gasteiger partial charge is 0.135 e. The van der Waals surface area contributed by atoms with Crippen molar-refractivity contribution in [1.29, 1.82) is 5.26 Å². The van der Waals surface area contributed by atoms with Crippen molar-refractivity contribution in [1.82, 2.24) is 9.97 Å². The third kappa shape index (κ3) is 3.76. The average Bonchev–Trinajstić information content (AvgIpc) is 2.39. The van der Waals surface area contributed by atoms with Crippen molar-refractivity contribution in [3.63, 3.8) is 0 Å². The van der Waals surface area contributed by atoms with Gasteiger partial charge in [0.2, 0.25) is 0 Å². The molecule has 0 aliphatic rings. The van der Waals surface area contributed by atoms with Gasteiger partial charge in [-0.1, -0.05) is 6.92 Å². The maximum atomic E-state index is 8.75. The number of aromatic nitrogens is 2. The van der Waals surface area contributed by atoms with Crippen LogP contribution in [0.25, 0.3) is 0 Å². The van der Waals surface area contributed by atoms with Crippen LogP contribution in [0, 0.1) is 11.3 Å². The highest BCUT2D eigenvalue weighted by Gasteiger charge is 2.03. The number of rotatable bonds is 4. The Labute approximate surface area is 120 Å².